The van der Waals surface area contributed by atoms with Crippen LogP contribution >= 0.6 is 22.6 Å². The fourth-order valence-corrected chi connectivity index (χ4v) is 16.4. The number of fused-ring (bicyclic) bond motifs is 9. The Morgan fingerprint density at radius 1 is 0.539 bits per heavy atom. The Hall–Kier alpha value is -6.08. The van der Waals surface area contributed by atoms with E-state index in [1.54, 1.807) is 6.08 Å². The van der Waals surface area contributed by atoms with Crippen LogP contribution in [0.3, 0.4) is 0 Å². The Labute approximate surface area is 465 Å². The number of halogens is 1. The first-order chi connectivity index (χ1) is 36.3. The number of Topliss-reactive ketones (excluding diaryl/α,β-unsaturated/α-hetero) is 3. The number of rotatable bonds is 3. The van der Waals surface area contributed by atoms with Crippen LogP contribution in [-0.2, 0) is 64.6 Å². The predicted octanol–water partition coefficient (Wildman–Crippen LogP) is 13.6. The van der Waals surface area contributed by atoms with Crippen LogP contribution in [-0.4, -0.2) is 52.5 Å². The molecule has 76 heavy (non-hydrogen) atoms. The molecule has 0 aliphatic heterocycles. The topological polar surface area (TPSA) is 122 Å². The summed E-state index contributed by atoms with van der Waals surface area (Å²) in [6.45, 7) is 20.9. The number of aromatic nitrogens is 6. The fraction of sp³-hybridized carbons (Fsp3) is 0.431. The third kappa shape index (κ3) is 8.26. The van der Waals surface area contributed by atoms with Crippen LogP contribution in [0.4, 0.5) is 0 Å². The summed E-state index contributed by atoms with van der Waals surface area (Å²) >= 11 is 2.21. The molecule has 11 heteroatoms. The van der Waals surface area contributed by atoms with Crippen LogP contribution in [0.25, 0.3) is 33.8 Å². The monoisotopic (exact) mass is 1130 g/mol. The number of nitrogens with zero attached hydrogens (tertiary/aromatic N) is 6. The van der Waals surface area contributed by atoms with Crippen molar-refractivity contribution in [2.24, 2.45) is 55.1 Å². The van der Waals surface area contributed by atoms with E-state index >= 15 is 0 Å². The lowest BCUT2D eigenvalue weighted by molar-refractivity contribution is -0.128. The third-order valence-electron chi connectivity index (χ3n) is 18.7. The maximum absolute atomic E-state index is 13.2. The van der Waals surface area contributed by atoms with Gasteiger partial charge in [-0.25, -0.2) is 0 Å². The molecule has 0 saturated heterocycles. The highest BCUT2D eigenvalue weighted by Gasteiger charge is 2.58. The van der Waals surface area contributed by atoms with Gasteiger partial charge in [0.05, 0.1) is 43.3 Å². The number of hydrogen-bond acceptors (Lipinski definition) is 7. The van der Waals surface area contributed by atoms with Gasteiger partial charge < -0.3 is 0 Å². The Bertz CT molecular complexity index is 3430. The number of benzene rings is 3. The van der Waals surface area contributed by atoms with Crippen LogP contribution in [0.2, 0.25) is 0 Å². The molecule has 0 radical (unpaired) electrons. The van der Waals surface area contributed by atoms with Crippen LogP contribution < -0.4 is 0 Å². The molecule has 0 N–H and O–H groups in total. The summed E-state index contributed by atoms with van der Waals surface area (Å²) in [6, 6.07) is 30.9. The van der Waals surface area contributed by atoms with Gasteiger partial charge >= 0.3 is 0 Å². The van der Waals surface area contributed by atoms with E-state index in [2.05, 4.69) is 132 Å². The number of carbonyl (C=O) groups is 4. The Kier molecular flexibility index (Phi) is 13.4. The maximum Gasteiger partial charge on any atom is 0.174 e. The first-order valence-corrected chi connectivity index (χ1v) is 27.7. The Morgan fingerprint density at radius 3 is 1.45 bits per heavy atom. The van der Waals surface area contributed by atoms with Crippen LogP contribution in [0.5, 0.6) is 0 Å². The summed E-state index contributed by atoms with van der Waals surface area (Å²) < 4.78 is 12.5. The van der Waals surface area contributed by atoms with Gasteiger partial charge in [0.1, 0.15) is 0 Å². The number of allylic oxidation sites excluding steroid dienone is 6. The number of ketones is 4. The van der Waals surface area contributed by atoms with E-state index in [0.29, 0.717) is 17.9 Å². The van der Waals surface area contributed by atoms with Gasteiger partial charge in [0.25, 0.3) is 0 Å². The van der Waals surface area contributed by atoms with Crippen molar-refractivity contribution >= 4 is 45.7 Å². The van der Waals surface area contributed by atoms with E-state index in [1.807, 2.05) is 105 Å². The molecule has 0 unspecified atom stereocenters. The smallest absolute Gasteiger partial charge is 0.174 e. The second-order valence-electron chi connectivity index (χ2n) is 24.4. The highest BCUT2D eigenvalue weighted by molar-refractivity contribution is 14.1. The summed E-state index contributed by atoms with van der Waals surface area (Å²) in [5, 5.41) is 14.7. The molecule has 0 bridgehead atoms. The zero-order chi connectivity index (χ0) is 55.9. The van der Waals surface area contributed by atoms with Crippen molar-refractivity contribution in [2.45, 2.75) is 125 Å². The largest absolute Gasteiger partial charge is 0.294 e. The molecule has 6 aliphatic rings. The summed E-state index contributed by atoms with van der Waals surface area (Å²) in [6.07, 6.45) is 12.5. The first-order valence-electron chi connectivity index (χ1n) is 27.6. The highest BCUT2D eigenvalue weighted by atomic mass is 127. The third-order valence-corrected chi connectivity index (χ3v) is 19.5. The normalized spacial score (nSPS) is 27.1. The number of carbonyl (C=O) groups excluding carboxylic acids is 4. The summed E-state index contributed by atoms with van der Waals surface area (Å²) in [4.78, 5) is 51.1. The molecule has 6 atom stereocenters. The molecule has 0 fully saturated rings. The second-order valence-corrected chi connectivity index (χ2v) is 25.6. The molecule has 396 valence electrons. The van der Waals surface area contributed by atoms with E-state index in [4.69, 9.17) is 16.7 Å². The van der Waals surface area contributed by atoms with E-state index < -0.39 is 10.8 Å². The zero-order valence-electron chi connectivity index (χ0n) is 47.9. The maximum atomic E-state index is 13.2. The van der Waals surface area contributed by atoms with Crippen LogP contribution in [0.15, 0.2) is 124 Å². The van der Waals surface area contributed by atoms with Crippen molar-refractivity contribution in [1.82, 2.24) is 29.3 Å². The lowest BCUT2D eigenvalue weighted by atomic mass is 9.52. The molecule has 3 aromatic heterocycles. The van der Waals surface area contributed by atoms with Crippen molar-refractivity contribution in [3.05, 3.63) is 158 Å². The average molecular weight is 1130 g/mol. The molecule has 0 saturated carbocycles. The lowest BCUT2D eigenvalue weighted by Gasteiger charge is -2.49. The van der Waals surface area contributed by atoms with Gasteiger partial charge in [0.15, 0.2) is 23.1 Å². The van der Waals surface area contributed by atoms with Gasteiger partial charge in [-0.3, -0.25) is 33.2 Å². The highest BCUT2D eigenvalue weighted by Crippen LogP contribution is 2.58. The molecule has 12 rings (SSSR count). The van der Waals surface area contributed by atoms with E-state index in [1.165, 1.54) is 41.0 Å². The van der Waals surface area contributed by atoms with Crippen molar-refractivity contribution in [3.8, 4) is 33.8 Å². The van der Waals surface area contributed by atoms with Gasteiger partial charge in [-0.15, -0.1) is 0 Å². The minimum Gasteiger partial charge on any atom is -0.294 e. The van der Waals surface area contributed by atoms with Crippen molar-refractivity contribution < 1.29 is 20.5 Å². The molecule has 10 nitrogen and oxygen atoms in total. The predicted molar refractivity (Wildman–Crippen MR) is 312 cm³/mol. The molecule has 0 spiro atoms. The summed E-state index contributed by atoms with van der Waals surface area (Å²) in [5.41, 5.74) is 12.0. The van der Waals surface area contributed by atoms with Gasteiger partial charge in [-0.2, -0.15) is 15.3 Å². The molecule has 3 aromatic carbocycles. The van der Waals surface area contributed by atoms with Gasteiger partial charge in [0.2, 0.25) is 0 Å². The molecule has 3 heterocycles. The summed E-state index contributed by atoms with van der Waals surface area (Å²) in [5.74, 6) is 1.25. The average Bonchev–Trinajstić information content (AvgIpc) is 4.08. The Morgan fingerprint density at radius 2 is 0.947 bits per heavy atom. The first kappa shape index (κ1) is 53.3. The summed E-state index contributed by atoms with van der Waals surface area (Å²) in [7, 11) is 7.21. The van der Waals surface area contributed by atoms with Gasteiger partial charge in [-0.05, 0) is 84.6 Å². The van der Waals surface area contributed by atoms with Crippen molar-refractivity contribution in [1.29, 1.82) is 0 Å². The van der Waals surface area contributed by atoms with Crippen LogP contribution in [0, 0.1) is 34.0 Å². The molecular formula is C65H75IN6O4. The van der Waals surface area contributed by atoms with Crippen molar-refractivity contribution in [2.75, 3.05) is 0 Å². The lowest BCUT2D eigenvalue weighted by Crippen LogP contribution is -2.52. The molecular weight excluding hydrogens is 1060 g/mol. The van der Waals surface area contributed by atoms with E-state index in [-0.39, 0.29) is 56.6 Å². The van der Waals surface area contributed by atoms with Crippen LogP contribution in [0.1, 0.15) is 136 Å². The SMILES string of the molecule is CC1=C[C@]2(C)c3nn(C)c(-c4ccccc4)c3C(=O)C[C@H]2C(C)(C)C1=O.Cn1nc2c(c1-c1ccccc1)CC[C@H]1C(C)(C)C(=O)C(I)=C[C@]21C.Cn1nc2c(c1-c1ccccc1)CC[C@H]1C(C)(C)C(=O)C=C[C@]21C.[3H]C. The second kappa shape index (κ2) is 19.1. The van der Waals surface area contributed by atoms with E-state index in [9.17, 15) is 19.2 Å². The quantitative estimate of drug-likeness (QED) is 0.162. The molecule has 6 aromatic rings. The van der Waals surface area contributed by atoms with Gasteiger partial charge in [0, 0.05) is 89.2 Å². The molecule has 6 aliphatic carbocycles. The minimum atomic E-state index is -0.578. The molecule has 0 amide bonds. The van der Waals surface area contributed by atoms with E-state index in [0.717, 1.165) is 63.2 Å². The Balaban J connectivity index is 0.000000139. The number of hydrogen-bond donors (Lipinski definition) is 0. The van der Waals surface area contributed by atoms with Crippen molar-refractivity contribution in [3.63, 3.8) is 0 Å². The fourth-order valence-electron chi connectivity index (χ4n) is 15.0. The van der Waals surface area contributed by atoms with Gasteiger partial charge in [-0.1, -0.05) is 179 Å². The standard InChI is InChI=1S/C22H24N2O2.C21H23IN2O.C21H24N2O.CH4/c1-13-12-22(4)16(21(2,3)20(13)26)11-15(25)17-18(24(5)23-19(17)22)14-9-7-6-8-10-14;1-20(2)16-11-10-14-17(13-8-6-5-7-9-13)24(4)23-18(14)21(16,3)12-15(22)19(20)25;1-20(2)16-11-10-15-18(14-8-6-5-7-9-14)23(4)22-19(15)21(16,3)13-12-17(20)24;/h6-10,12,16H,11H2,1-5H3;5-9,12,16H,10-11H2,1-4H3;5-9,12-13,16H,10-11H2,1-4H3;1H4/t16-,22-;2*16-,21-;/m000./s1/i;;;1T. The number of aryl methyl sites for hydroxylation is 3. The zero-order valence-corrected chi connectivity index (χ0v) is 49.1. The minimum absolute atomic E-state index is 0.0790.